The maximum absolute atomic E-state index is 5.47. The first-order chi connectivity index (χ1) is 12.8. The fourth-order valence-corrected chi connectivity index (χ4v) is 4.66. The van der Waals surface area contributed by atoms with Gasteiger partial charge in [0.05, 0.1) is 15.5 Å². The molecular weight excluding hydrogens is 366 g/mol. The van der Waals surface area contributed by atoms with Crippen LogP contribution in [-0.4, -0.2) is 24.7 Å². The van der Waals surface area contributed by atoms with Gasteiger partial charge in [-0.15, -0.1) is 10.2 Å². The van der Waals surface area contributed by atoms with Crippen molar-refractivity contribution < 1.29 is 4.52 Å². The summed E-state index contributed by atoms with van der Waals surface area (Å²) in [5, 5.41) is 13.5. The summed E-state index contributed by atoms with van der Waals surface area (Å²) >= 11 is 3.19. The zero-order valence-corrected chi connectivity index (χ0v) is 15.4. The van der Waals surface area contributed by atoms with Gasteiger partial charge in [0.2, 0.25) is 16.7 Å². The van der Waals surface area contributed by atoms with Crippen LogP contribution in [0, 0.1) is 0 Å². The number of thioether (sulfide) groups is 1. The number of benzene rings is 2. The third-order valence-electron chi connectivity index (χ3n) is 4.01. The summed E-state index contributed by atoms with van der Waals surface area (Å²) in [6.07, 6.45) is 0. The van der Waals surface area contributed by atoms with Crippen LogP contribution in [0.25, 0.3) is 26.6 Å². The molecule has 5 rings (SSSR count). The number of nitrogens with zero attached hydrogens (tertiary/aromatic N) is 5. The van der Waals surface area contributed by atoms with E-state index in [1.165, 1.54) is 4.70 Å². The van der Waals surface area contributed by atoms with Gasteiger partial charge in [-0.25, -0.2) is 0 Å². The largest absolute Gasteiger partial charge is 0.338 e. The fourth-order valence-electron chi connectivity index (χ4n) is 2.75. The van der Waals surface area contributed by atoms with Gasteiger partial charge in [-0.1, -0.05) is 70.7 Å². The van der Waals surface area contributed by atoms with E-state index in [2.05, 4.69) is 36.9 Å². The highest BCUT2D eigenvalue weighted by Crippen LogP contribution is 2.36. The molecular formula is C18H13N5OS2. The van der Waals surface area contributed by atoms with Crippen LogP contribution in [0.1, 0.15) is 18.1 Å². The molecule has 0 spiro atoms. The summed E-state index contributed by atoms with van der Waals surface area (Å²) in [7, 11) is 0. The Morgan fingerprint density at radius 3 is 2.73 bits per heavy atom. The first-order valence-corrected chi connectivity index (χ1v) is 9.77. The van der Waals surface area contributed by atoms with E-state index in [0.29, 0.717) is 11.7 Å². The lowest BCUT2D eigenvalue weighted by Crippen LogP contribution is -1.92. The first kappa shape index (κ1) is 15.5. The second-order valence-electron chi connectivity index (χ2n) is 5.75. The van der Waals surface area contributed by atoms with Crippen LogP contribution in [-0.2, 0) is 0 Å². The van der Waals surface area contributed by atoms with Crippen LogP contribution in [0.5, 0.6) is 0 Å². The Hall–Kier alpha value is -2.71. The van der Waals surface area contributed by atoms with Gasteiger partial charge in [0.15, 0.2) is 5.16 Å². The monoisotopic (exact) mass is 379 g/mol. The normalized spacial score (nSPS) is 12.8. The molecule has 5 aromatic rings. The quantitative estimate of drug-likeness (QED) is 0.416. The molecule has 0 aliphatic carbocycles. The number of para-hydroxylation sites is 1. The van der Waals surface area contributed by atoms with E-state index >= 15 is 0 Å². The summed E-state index contributed by atoms with van der Waals surface area (Å²) in [6.45, 7) is 2.03. The van der Waals surface area contributed by atoms with Crippen molar-refractivity contribution in [3.8, 4) is 11.4 Å². The molecule has 1 unspecified atom stereocenters. The Morgan fingerprint density at radius 1 is 1.04 bits per heavy atom. The highest BCUT2D eigenvalue weighted by molar-refractivity contribution is 7.99. The van der Waals surface area contributed by atoms with Crippen LogP contribution in [0.15, 0.2) is 64.3 Å². The topological polar surface area (TPSA) is 69.1 Å². The van der Waals surface area contributed by atoms with Gasteiger partial charge >= 0.3 is 0 Å². The molecule has 0 radical (unpaired) electrons. The Kier molecular flexibility index (Phi) is 3.72. The molecule has 26 heavy (non-hydrogen) atoms. The minimum absolute atomic E-state index is 0.0361. The van der Waals surface area contributed by atoms with Gasteiger partial charge in [-0.3, -0.25) is 4.40 Å². The lowest BCUT2D eigenvalue weighted by atomic mass is 10.2. The minimum atomic E-state index is -0.0361. The Labute approximate surface area is 156 Å². The van der Waals surface area contributed by atoms with Crippen LogP contribution in [0.2, 0.25) is 0 Å². The first-order valence-electron chi connectivity index (χ1n) is 8.08. The number of hydrogen-bond acceptors (Lipinski definition) is 7. The van der Waals surface area contributed by atoms with Gasteiger partial charge in [-0.05, 0) is 19.1 Å². The summed E-state index contributed by atoms with van der Waals surface area (Å²) in [6, 6.07) is 18.0. The number of rotatable bonds is 4. The van der Waals surface area contributed by atoms with Crippen molar-refractivity contribution in [1.82, 2.24) is 24.7 Å². The van der Waals surface area contributed by atoms with Crippen molar-refractivity contribution >= 4 is 38.3 Å². The van der Waals surface area contributed by atoms with Crippen molar-refractivity contribution in [2.45, 2.75) is 17.3 Å². The molecule has 0 fully saturated rings. The van der Waals surface area contributed by atoms with Gasteiger partial charge in [0.1, 0.15) is 0 Å². The molecule has 0 amide bonds. The summed E-state index contributed by atoms with van der Waals surface area (Å²) in [5.41, 5.74) is 2.05. The van der Waals surface area contributed by atoms with Crippen molar-refractivity contribution in [2.75, 3.05) is 0 Å². The van der Waals surface area contributed by atoms with Crippen molar-refractivity contribution in [3.63, 3.8) is 0 Å². The van der Waals surface area contributed by atoms with E-state index < -0.39 is 0 Å². The zero-order valence-electron chi connectivity index (χ0n) is 13.7. The Balaban J connectivity index is 1.46. The Morgan fingerprint density at radius 2 is 1.85 bits per heavy atom. The molecule has 0 N–H and O–H groups in total. The van der Waals surface area contributed by atoms with Gasteiger partial charge < -0.3 is 4.52 Å². The SMILES string of the molecule is CC(Sc1nnc2sc3ccccc3n12)c1nc(-c2ccccc2)no1. The van der Waals surface area contributed by atoms with Crippen LogP contribution in [0.4, 0.5) is 0 Å². The third kappa shape index (κ3) is 2.58. The predicted molar refractivity (Wildman–Crippen MR) is 102 cm³/mol. The molecule has 3 heterocycles. The molecule has 128 valence electrons. The smallest absolute Gasteiger partial charge is 0.240 e. The molecule has 0 aliphatic heterocycles. The lowest BCUT2D eigenvalue weighted by molar-refractivity contribution is 0.380. The number of thiazole rings is 1. The molecule has 0 bridgehead atoms. The van der Waals surface area contributed by atoms with Crippen LogP contribution < -0.4 is 0 Å². The minimum Gasteiger partial charge on any atom is -0.338 e. The number of aromatic nitrogens is 5. The average molecular weight is 379 g/mol. The van der Waals surface area contributed by atoms with Crippen LogP contribution in [0.3, 0.4) is 0 Å². The van der Waals surface area contributed by atoms with E-state index in [-0.39, 0.29) is 5.25 Å². The van der Waals surface area contributed by atoms with Crippen molar-refractivity contribution in [1.29, 1.82) is 0 Å². The van der Waals surface area contributed by atoms with E-state index in [4.69, 9.17) is 4.52 Å². The van der Waals surface area contributed by atoms with Crippen molar-refractivity contribution in [3.05, 3.63) is 60.5 Å². The zero-order chi connectivity index (χ0) is 17.5. The second-order valence-corrected chi connectivity index (χ2v) is 8.07. The maximum atomic E-state index is 5.47. The number of fused-ring (bicyclic) bond motifs is 3. The standard InChI is InChI=1S/C18H13N5OS2/c1-11(16-19-15(22-24-16)12-7-3-2-4-8-12)25-17-20-21-18-23(17)13-9-5-6-10-14(13)26-18/h2-11H,1H3. The fraction of sp³-hybridized carbons (Fsp3) is 0.111. The third-order valence-corrected chi connectivity index (χ3v) is 6.06. The summed E-state index contributed by atoms with van der Waals surface area (Å²) < 4.78 is 8.74. The molecule has 6 nitrogen and oxygen atoms in total. The van der Waals surface area contributed by atoms with Crippen LogP contribution >= 0.6 is 23.1 Å². The predicted octanol–water partition coefficient (Wildman–Crippen LogP) is 4.85. The van der Waals surface area contributed by atoms with E-state index in [0.717, 1.165) is 21.2 Å². The molecule has 0 saturated carbocycles. The average Bonchev–Trinajstić information content (AvgIpc) is 3.38. The molecule has 8 heteroatoms. The van der Waals surface area contributed by atoms with Crippen molar-refractivity contribution in [2.24, 2.45) is 0 Å². The Bertz CT molecular complexity index is 1190. The van der Waals surface area contributed by atoms with Gasteiger partial charge in [0.25, 0.3) is 0 Å². The molecule has 0 aliphatic rings. The summed E-state index contributed by atoms with van der Waals surface area (Å²) in [5.74, 6) is 1.17. The summed E-state index contributed by atoms with van der Waals surface area (Å²) in [4.78, 5) is 5.42. The molecule has 0 saturated heterocycles. The molecule has 3 aromatic heterocycles. The molecule has 1 atom stereocenters. The van der Waals surface area contributed by atoms with Gasteiger partial charge in [-0.2, -0.15) is 4.98 Å². The highest BCUT2D eigenvalue weighted by Gasteiger charge is 2.20. The molecule has 2 aromatic carbocycles. The number of hydrogen-bond donors (Lipinski definition) is 0. The van der Waals surface area contributed by atoms with Gasteiger partial charge in [0, 0.05) is 5.56 Å². The highest BCUT2D eigenvalue weighted by atomic mass is 32.2. The van der Waals surface area contributed by atoms with E-state index in [1.54, 1.807) is 23.1 Å². The van der Waals surface area contributed by atoms with E-state index in [1.807, 2.05) is 49.4 Å². The lowest BCUT2D eigenvalue weighted by Gasteiger charge is -2.04. The maximum Gasteiger partial charge on any atom is 0.240 e. The second kappa shape index (κ2) is 6.22. The van der Waals surface area contributed by atoms with E-state index in [9.17, 15) is 0 Å².